The van der Waals surface area contributed by atoms with Crippen LogP contribution < -0.4 is 14.9 Å². The molecule has 226 valence electrons. The van der Waals surface area contributed by atoms with Gasteiger partial charge in [0.05, 0.1) is 29.2 Å². The molecule has 0 aliphatic carbocycles. The maximum atomic E-state index is 13.9. The third-order valence-corrected chi connectivity index (χ3v) is 8.94. The Morgan fingerprint density at radius 1 is 1.12 bits per heavy atom. The van der Waals surface area contributed by atoms with Crippen LogP contribution in [-0.2, 0) is 16.4 Å². The average Bonchev–Trinajstić information content (AvgIpc) is 3.40. The summed E-state index contributed by atoms with van der Waals surface area (Å²) in [5.41, 5.74) is 4.27. The van der Waals surface area contributed by atoms with Gasteiger partial charge in [0.25, 0.3) is 5.91 Å². The van der Waals surface area contributed by atoms with Gasteiger partial charge in [-0.15, -0.1) is 0 Å². The Morgan fingerprint density at radius 2 is 1.93 bits per heavy atom. The Morgan fingerprint density at radius 3 is 2.72 bits per heavy atom. The third kappa shape index (κ3) is 6.63. The molecule has 2 saturated heterocycles. The van der Waals surface area contributed by atoms with E-state index in [-0.39, 0.29) is 23.2 Å². The predicted molar refractivity (Wildman–Crippen MR) is 169 cm³/mol. The Bertz CT molecular complexity index is 1750. The van der Waals surface area contributed by atoms with Crippen LogP contribution in [0.1, 0.15) is 52.5 Å². The highest BCUT2D eigenvalue weighted by atomic mass is 35.5. The third-order valence-electron chi connectivity index (χ3n) is 8.12. The average molecular weight is 622 g/mol. The number of piperazine rings is 1. The second-order valence-corrected chi connectivity index (χ2v) is 13.7. The molecule has 6 rings (SSSR count). The molecule has 2 N–H and O–H groups in total. The minimum Gasteiger partial charge on any atom is -0.353 e. The molecule has 0 bridgehead atoms. The van der Waals surface area contributed by atoms with E-state index in [1.165, 1.54) is 17.7 Å². The van der Waals surface area contributed by atoms with Crippen molar-refractivity contribution in [2.24, 2.45) is 0 Å². The molecule has 1 amide bonds. The fourth-order valence-electron chi connectivity index (χ4n) is 6.17. The molecule has 10 nitrogen and oxygen atoms in total. The number of nitrogens with one attached hydrogen (secondary N) is 2. The van der Waals surface area contributed by atoms with E-state index in [1.807, 2.05) is 18.3 Å². The van der Waals surface area contributed by atoms with Gasteiger partial charge >= 0.3 is 0 Å². The number of benzene rings is 2. The quantitative estimate of drug-likeness (QED) is 0.314. The number of halogens is 1. The van der Waals surface area contributed by atoms with E-state index in [1.54, 1.807) is 15.5 Å². The molecule has 1 unspecified atom stereocenters. The first-order chi connectivity index (χ1) is 20.6. The van der Waals surface area contributed by atoms with Crippen molar-refractivity contribution in [2.75, 3.05) is 42.1 Å². The zero-order valence-corrected chi connectivity index (χ0v) is 25.9. The van der Waals surface area contributed by atoms with E-state index < -0.39 is 10.0 Å². The van der Waals surface area contributed by atoms with Gasteiger partial charge in [0, 0.05) is 55.1 Å². The molecule has 0 spiro atoms. The molecule has 12 heteroatoms. The van der Waals surface area contributed by atoms with Gasteiger partial charge in [0.2, 0.25) is 10.0 Å². The monoisotopic (exact) mass is 621 g/mol. The molecular weight excluding hydrogens is 586 g/mol. The van der Waals surface area contributed by atoms with Crippen LogP contribution in [0.4, 0.5) is 11.5 Å². The summed E-state index contributed by atoms with van der Waals surface area (Å²) in [6, 6.07) is 17.2. The fraction of sp³-hybridized carbons (Fsp3) is 0.387. The minimum atomic E-state index is -3.59. The molecular formula is C31H36ClN7O3S. The number of carbonyl (C=O) groups excluding carboxylic acids is 1. The molecule has 2 aromatic heterocycles. The highest BCUT2D eigenvalue weighted by molar-refractivity contribution is 7.92. The number of rotatable bonds is 7. The standard InChI is InChI=1S/C31H36ClN7O3S/c1-21-19-39-29(34-30(21)37-15-13-33-24(20-37)16-22-8-4-3-5-9-22)18-27(35-39)28-10-6-7-14-38(28)31(40)25-17-23(32)11-12-26(25)36-43(2,41)42/h3-5,8-9,11-12,17-19,24,28,33,36H,6-7,10,13-16,20H2,1-2H3/t24-,28?/m1/s1. The normalized spacial score (nSPS) is 19.5. The first-order valence-corrected chi connectivity index (χ1v) is 16.9. The van der Waals surface area contributed by atoms with Crippen molar-refractivity contribution in [3.63, 3.8) is 0 Å². The number of likely N-dealkylation sites (tertiary alicyclic amines) is 1. The van der Waals surface area contributed by atoms with E-state index in [9.17, 15) is 13.2 Å². The van der Waals surface area contributed by atoms with Crippen molar-refractivity contribution in [3.05, 3.63) is 88.2 Å². The lowest BCUT2D eigenvalue weighted by molar-refractivity contribution is 0.0607. The van der Waals surface area contributed by atoms with Crippen LogP contribution in [0.5, 0.6) is 0 Å². The predicted octanol–water partition coefficient (Wildman–Crippen LogP) is 4.45. The van der Waals surface area contributed by atoms with E-state index in [4.69, 9.17) is 21.7 Å². The van der Waals surface area contributed by atoms with Crippen LogP contribution in [0.15, 0.2) is 60.8 Å². The first-order valence-electron chi connectivity index (χ1n) is 14.6. The summed E-state index contributed by atoms with van der Waals surface area (Å²) in [6.07, 6.45) is 6.57. The molecule has 4 aromatic rings. The van der Waals surface area contributed by atoms with Crippen LogP contribution >= 0.6 is 11.6 Å². The lowest BCUT2D eigenvalue weighted by Crippen LogP contribution is -2.52. The van der Waals surface area contributed by atoms with Gasteiger partial charge in [-0.2, -0.15) is 5.10 Å². The minimum absolute atomic E-state index is 0.208. The van der Waals surface area contributed by atoms with Gasteiger partial charge in [-0.3, -0.25) is 9.52 Å². The van der Waals surface area contributed by atoms with Gasteiger partial charge in [0.15, 0.2) is 5.65 Å². The molecule has 4 heterocycles. The number of hydrogen-bond donors (Lipinski definition) is 2. The lowest BCUT2D eigenvalue weighted by Gasteiger charge is -2.35. The summed E-state index contributed by atoms with van der Waals surface area (Å²) in [7, 11) is -3.59. The molecule has 43 heavy (non-hydrogen) atoms. The van der Waals surface area contributed by atoms with Crippen LogP contribution in [-0.4, -0.2) is 72.3 Å². The van der Waals surface area contributed by atoms with Crippen molar-refractivity contribution >= 4 is 44.7 Å². The summed E-state index contributed by atoms with van der Waals surface area (Å²) < 4.78 is 28.2. The number of fused-ring (bicyclic) bond motifs is 1. The summed E-state index contributed by atoms with van der Waals surface area (Å²) >= 11 is 6.24. The summed E-state index contributed by atoms with van der Waals surface area (Å²) in [5.74, 6) is 0.663. The Kier molecular flexibility index (Phi) is 8.30. The molecule has 0 radical (unpaired) electrons. The number of sulfonamides is 1. The largest absolute Gasteiger partial charge is 0.353 e. The molecule has 2 aliphatic rings. The molecule has 2 fully saturated rings. The summed E-state index contributed by atoms with van der Waals surface area (Å²) in [5, 5.41) is 8.88. The van der Waals surface area contributed by atoms with Crippen LogP contribution in [0.25, 0.3) is 5.65 Å². The number of anilines is 2. The number of hydrogen-bond acceptors (Lipinski definition) is 7. The molecule has 2 atom stereocenters. The number of aromatic nitrogens is 3. The van der Waals surface area contributed by atoms with Crippen molar-refractivity contribution < 1.29 is 13.2 Å². The van der Waals surface area contributed by atoms with E-state index in [0.29, 0.717) is 17.6 Å². The molecule has 2 aromatic carbocycles. The molecule has 2 aliphatic heterocycles. The van der Waals surface area contributed by atoms with Gasteiger partial charge in [-0.1, -0.05) is 41.9 Å². The first kappa shape index (κ1) is 29.4. The number of amides is 1. The van der Waals surface area contributed by atoms with Crippen molar-refractivity contribution in [1.29, 1.82) is 0 Å². The van der Waals surface area contributed by atoms with E-state index in [2.05, 4.69) is 46.1 Å². The molecule has 0 saturated carbocycles. The van der Waals surface area contributed by atoms with Gasteiger partial charge in [-0.05, 0) is 56.4 Å². The van der Waals surface area contributed by atoms with E-state index >= 15 is 0 Å². The Balaban J connectivity index is 1.26. The van der Waals surface area contributed by atoms with Gasteiger partial charge in [0.1, 0.15) is 5.82 Å². The highest BCUT2D eigenvalue weighted by Gasteiger charge is 2.32. The zero-order valence-electron chi connectivity index (χ0n) is 24.3. The maximum Gasteiger partial charge on any atom is 0.256 e. The fourth-order valence-corrected chi connectivity index (χ4v) is 6.92. The smallest absolute Gasteiger partial charge is 0.256 e. The van der Waals surface area contributed by atoms with Gasteiger partial charge in [-0.25, -0.2) is 17.9 Å². The van der Waals surface area contributed by atoms with Crippen LogP contribution in [0.2, 0.25) is 5.02 Å². The van der Waals surface area contributed by atoms with Gasteiger partial charge < -0.3 is 15.1 Å². The second-order valence-electron chi connectivity index (χ2n) is 11.5. The van der Waals surface area contributed by atoms with Crippen LogP contribution in [0.3, 0.4) is 0 Å². The lowest BCUT2D eigenvalue weighted by atomic mass is 9.98. The topological polar surface area (TPSA) is 112 Å². The SMILES string of the molecule is Cc1cn2nc(C3CCCCN3C(=O)c3cc(Cl)ccc3NS(C)(=O)=O)cc2nc1N1CCN[C@H](Cc2ccccc2)C1. The van der Waals surface area contributed by atoms with Crippen molar-refractivity contribution in [3.8, 4) is 0 Å². The van der Waals surface area contributed by atoms with Crippen LogP contribution in [0, 0.1) is 6.92 Å². The van der Waals surface area contributed by atoms with Crippen molar-refractivity contribution in [2.45, 2.75) is 44.7 Å². The Labute approximate surface area is 257 Å². The highest BCUT2D eigenvalue weighted by Crippen LogP contribution is 2.34. The summed E-state index contributed by atoms with van der Waals surface area (Å²) in [6.45, 7) is 5.19. The van der Waals surface area contributed by atoms with E-state index in [0.717, 1.165) is 74.3 Å². The number of piperidine rings is 1. The summed E-state index contributed by atoms with van der Waals surface area (Å²) in [4.78, 5) is 23.1. The number of carbonyl (C=O) groups is 1. The van der Waals surface area contributed by atoms with Crippen molar-refractivity contribution in [1.82, 2.24) is 24.8 Å². The maximum absolute atomic E-state index is 13.9. The Hall–Kier alpha value is -3.67. The number of nitrogens with zero attached hydrogens (tertiary/aromatic N) is 5. The number of aryl methyl sites for hydroxylation is 1. The zero-order chi connectivity index (χ0) is 30.1. The second kappa shape index (κ2) is 12.1.